The first-order chi connectivity index (χ1) is 12.1. The van der Waals surface area contributed by atoms with Crippen LogP contribution < -0.4 is 5.73 Å². The minimum absolute atomic E-state index is 0.000213. The van der Waals surface area contributed by atoms with Crippen molar-refractivity contribution in [1.82, 2.24) is 0 Å². The molecule has 2 aromatic rings. The van der Waals surface area contributed by atoms with Crippen LogP contribution in [0.3, 0.4) is 0 Å². The molecule has 0 saturated carbocycles. The summed E-state index contributed by atoms with van der Waals surface area (Å²) >= 11 is 1.52. The standard InChI is InChI=1S/C20H25NO3S/c1-2-24-19(23)17-15-9-11-20(10-6-12-22,13-16(15)25-18(17)21)14-7-4-3-5-8-14/h3-5,7-8,22H,2,6,9-13,21H2,1H3. The second-order valence-corrected chi connectivity index (χ2v) is 7.75. The van der Waals surface area contributed by atoms with E-state index in [0.29, 0.717) is 17.2 Å². The van der Waals surface area contributed by atoms with Crippen LogP contribution in [0.2, 0.25) is 0 Å². The van der Waals surface area contributed by atoms with Gasteiger partial charge in [-0.15, -0.1) is 11.3 Å². The SMILES string of the molecule is CCOC(=O)c1c(N)sc2c1CCC(CCCO)(c1ccccc1)C2. The van der Waals surface area contributed by atoms with Crippen LogP contribution in [0, 0.1) is 0 Å². The van der Waals surface area contributed by atoms with Crippen molar-refractivity contribution >= 4 is 22.3 Å². The Balaban J connectivity index is 1.97. The van der Waals surface area contributed by atoms with Gasteiger partial charge in [0, 0.05) is 16.9 Å². The normalized spacial score (nSPS) is 19.4. The van der Waals surface area contributed by atoms with Gasteiger partial charge in [0.05, 0.1) is 12.2 Å². The zero-order chi connectivity index (χ0) is 17.9. The fourth-order valence-electron chi connectivity index (χ4n) is 3.94. The minimum atomic E-state index is -0.305. The van der Waals surface area contributed by atoms with Crippen LogP contribution in [-0.2, 0) is 23.0 Å². The van der Waals surface area contributed by atoms with E-state index in [2.05, 4.69) is 24.3 Å². The molecular formula is C20H25NO3S. The largest absolute Gasteiger partial charge is 0.462 e. The number of ether oxygens (including phenoxy) is 1. The average Bonchev–Trinajstić information content (AvgIpc) is 2.95. The van der Waals surface area contributed by atoms with Crippen molar-refractivity contribution in [2.75, 3.05) is 18.9 Å². The number of esters is 1. The summed E-state index contributed by atoms with van der Waals surface area (Å²) in [5, 5.41) is 9.92. The third-order valence-electron chi connectivity index (χ3n) is 5.15. The molecule has 134 valence electrons. The van der Waals surface area contributed by atoms with Gasteiger partial charge in [0.25, 0.3) is 0 Å². The fourth-order valence-corrected chi connectivity index (χ4v) is 5.19. The van der Waals surface area contributed by atoms with Crippen molar-refractivity contribution < 1.29 is 14.6 Å². The van der Waals surface area contributed by atoms with Gasteiger partial charge in [-0.05, 0) is 50.2 Å². The lowest BCUT2D eigenvalue weighted by Gasteiger charge is -2.38. The summed E-state index contributed by atoms with van der Waals surface area (Å²) in [6.45, 7) is 2.36. The van der Waals surface area contributed by atoms with E-state index < -0.39 is 0 Å². The molecule has 0 spiro atoms. The zero-order valence-electron chi connectivity index (χ0n) is 14.6. The second-order valence-electron chi connectivity index (χ2n) is 6.61. The smallest absolute Gasteiger partial charge is 0.341 e. The van der Waals surface area contributed by atoms with E-state index in [0.717, 1.165) is 37.7 Å². The Morgan fingerprint density at radius 3 is 2.80 bits per heavy atom. The molecule has 4 nitrogen and oxygen atoms in total. The zero-order valence-corrected chi connectivity index (χ0v) is 15.4. The third-order valence-corrected chi connectivity index (χ3v) is 6.21. The van der Waals surface area contributed by atoms with E-state index in [1.54, 1.807) is 0 Å². The molecule has 3 rings (SSSR count). The number of carbonyl (C=O) groups is 1. The molecule has 1 unspecified atom stereocenters. The lowest BCUT2D eigenvalue weighted by molar-refractivity contribution is 0.0526. The average molecular weight is 359 g/mol. The van der Waals surface area contributed by atoms with Crippen molar-refractivity contribution in [2.24, 2.45) is 0 Å². The van der Waals surface area contributed by atoms with Crippen molar-refractivity contribution in [3.63, 3.8) is 0 Å². The molecule has 0 amide bonds. The monoisotopic (exact) mass is 359 g/mol. The van der Waals surface area contributed by atoms with Crippen LogP contribution in [-0.4, -0.2) is 24.3 Å². The van der Waals surface area contributed by atoms with Crippen LogP contribution in [0.4, 0.5) is 5.00 Å². The predicted octanol–water partition coefficient (Wildman–Crippen LogP) is 3.71. The van der Waals surface area contributed by atoms with Gasteiger partial charge in [0.1, 0.15) is 5.00 Å². The van der Waals surface area contributed by atoms with E-state index in [4.69, 9.17) is 10.5 Å². The van der Waals surface area contributed by atoms with E-state index in [1.165, 1.54) is 21.8 Å². The summed E-state index contributed by atoms with van der Waals surface area (Å²) in [5.41, 5.74) is 9.10. The summed E-state index contributed by atoms with van der Waals surface area (Å²) in [7, 11) is 0. The topological polar surface area (TPSA) is 72.5 Å². The van der Waals surface area contributed by atoms with Crippen molar-refractivity contribution in [3.8, 4) is 0 Å². The number of anilines is 1. The molecule has 1 aliphatic rings. The van der Waals surface area contributed by atoms with Crippen molar-refractivity contribution in [3.05, 3.63) is 51.9 Å². The molecule has 5 heteroatoms. The number of nitrogens with two attached hydrogens (primary N) is 1. The summed E-state index contributed by atoms with van der Waals surface area (Å²) < 4.78 is 5.19. The lowest BCUT2D eigenvalue weighted by atomic mass is 9.67. The molecule has 0 saturated heterocycles. The fraction of sp³-hybridized carbons (Fsp3) is 0.450. The van der Waals surface area contributed by atoms with Gasteiger partial charge in [0.15, 0.2) is 0 Å². The summed E-state index contributed by atoms with van der Waals surface area (Å²) in [5.74, 6) is -0.305. The Morgan fingerprint density at radius 1 is 1.36 bits per heavy atom. The molecule has 25 heavy (non-hydrogen) atoms. The van der Waals surface area contributed by atoms with E-state index in [9.17, 15) is 9.90 Å². The molecule has 1 aliphatic carbocycles. The highest BCUT2D eigenvalue weighted by Gasteiger charge is 2.39. The van der Waals surface area contributed by atoms with Gasteiger partial charge in [0.2, 0.25) is 0 Å². The number of thiophene rings is 1. The first-order valence-electron chi connectivity index (χ1n) is 8.85. The predicted molar refractivity (Wildman–Crippen MR) is 101 cm³/mol. The van der Waals surface area contributed by atoms with Crippen LogP contribution in [0.15, 0.2) is 30.3 Å². The molecule has 1 aromatic carbocycles. The Hall–Kier alpha value is -1.85. The van der Waals surface area contributed by atoms with Crippen molar-refractivity contribution in [1.29, 1.82) is 0 Å². The van der Waals surface area contributed by atoms with Crippen LogP contribution in [0.5, 0.6) is 0 Å². The first kappa shape index (κ1) is 18.0. The third kappa shape index (κ3) is 3.44. The van der Waals surface area contributed by atoms with E-state index in [-0.39, 0.29) is 18.0 Å². The van der Waals surface area contributed by atoms with Gasteiger partial charge in [-0.25, -0.2) is 4.79 Å². The lowest BCUT2D eigenvalue weighted by Crippen LogP contribution is -2.33. The van der Waals surface area contributed by atoms with Gasteiger partial charge >= 0.3 is 5.97 Å². The highest BCUT2D eigenvalue weighted by atomic mass is 32.1. The summed E-state index contributed by atoms with van der Waals surface area (Å²) in [6, 6.07) is 10.5. The molecule has 0 aliphatic heterocycles. The number of aliphatic hydroxyl groups is 1. The molecule has 3 N–H and O–H groups in total. The molecule has 1 aromatic heterocycles. The molecule has 0 radical (unpaired) electrons. The summed E-state index contributed by atoms with van der Waals surface area (Å²) in [6.07, 6.45) is 4.33. The number of benzene rings is 1. The molecule has 1 atom stereocenters. The minimum Gasteiger partial charge on any atom is -0.462 e. The number of fused-ring (bicyclic) bond motifs is 1. The Labute approximate surface area is 152 Å². The maximum atomic E-state index is 12.3. The van der Waals surface area contributed by atoms with Crippen LogP contribution >= 0.6 is 11.3 Å². The van der Waals surface area contributed by atoms with Crippen LogP contribution in [0.25, 0.3) is 0 Å². The highest BCUT2D eigenvalue weighted by Crippen LogP contribution is 2.47. The van der Waals surface area contributed by atoms with Gasteiger partial charge in [-0.3, -0.25) is 0 Å². The van der Waals surface area contributed by atoms with Gasteiger partial charge < -0.3 is 15.6 Å². The maximum Gasteiger partial charge on any atom is 0.341 e. The Bertz CT molecular complexity index is 741. The second kappa shape index (κ2) is 7.58. The maximum absolute atomic E-state index is 12.3. The number of nitrogen functional groups attached to an aromatic ring is 1. The Morgan fingerprint density at radius 2 is 2.12 bits per heavy atom. The van der Waals surface area contributed by atoms with Gasteiger partial charge in [-0.2, -0.15) is 0 Å². The number of carbonyl (C=O) groups excluding carboxylic acids is 1. The molecule has 0 fully saturated rings. The Kier molecular flexibility index (Phi) is 5.45. The highest BCUT2D eigenvalue weighted by molar-refractivity contribution is 7.16. The van der Waals surface area contributed by atoms with Gasteiger partial charge in [-0.1, -0.05) is 30.3 Å². The molecule has 1 heterocycles. The molecular weight excluding hydrogens is 334 g/mol. The van der Waals surface area contributed by atoms with Crippen LogP contribution in [0.1, 0.15) is 52.5 Å². The first-order valence-corrected chi connectivity index (χ1v) is 9.66. The number of aliphatic hydroxyl groups excluding tert-OH is 1. The van der Waals surface area contributed by atoms with Crippen molar-refractivity contribution in [2.45, 2.75) is 44.4 Å². The molecule has 0 bridgehead atoms. The number of hydrogen-bond acceptors (Lipinski definition) is 5. The quantitative estimate of drug-likeness (QED) is 0.771. The number of rotatable bonds is 6. The van der Waals surface area contributed by atoms with E-state index in [1.807, 2.05) is 13.0 Å². The van der Waals surface area contributed by atoms with E-state index >= 15 is 0 Å². The summed E-state index contributed by atoms with van der Waals surface area (Å²) in [4.78, 5) is 13.5. The number of hydrogen-bond donors (Lipinski definition) is 2.